The standard InChI is InChI=1S/C14H16N4O2/c19-12-7-4-8-17(9-12)14(20)13-15-10-18(16-13)11-5-2-1-3-6-11/h1-3,5-6,10,12,19H,4,7-9H2. The Morgan fingerprint density at radius 3 is 2.85 bits per heavy atom. The molecule has 0 aliphatic carbocycles. The van der Waals surface area contributed by atoms with E-state index in [-0.39, 0.29) is 11.7 Å². The van der Waals surface area contributed by atoms with Crippen LogP contribution in [0.2, 0.25) is 0 Å². The molecule has 0 radical (unpaired) electrons. The molecule has 1 atom stereocenters. The number of benzene rings is 1. The highest BCUT2D eigenvalue weighted by molar-refractivity contribution is 5.90. The number of hydrogen-bond acceptors (Lipinski definition) is 4. The van der Waals surface area contributed by atoms with Crippen LogP contribution in [-0.2, 0) is 0 Å². The van der Waals surface area contributed by atoms with Crippen molar-refractivity contribution in [3.63, 3.8) is 0 Å². The van der Waals surface area contributed by atoms with Gasteiger partial charge < -0.3 is 10.0 Å². The molecule has 1 amide bonds. The molecule has 1 fully saturated rings. The van der Waals surface area contributed by atoms with Crippen molar-refractivity contribution in [1.82, 2.24) is 19.7 Å². The lowest BCUT2D eigenvalue weighted by atomic mass is 10.1. The summed E-state index contributed by atoms with van der Waals surface area (Å²) in [6.45, 7) is 1.01. The van der Waals surface area contributed by atoms with Crippen LogP contribution < -0.4 is 0 Å². The van der Waals surface area contributed by atoms with E-state index < -0.39 is 6.10 Å². The van der Waals surface area contributed by atoms with Crippen molar-refractivity contribution >= 4 is 5.91 Å². The van der Waals surface area contributed by atoms with Crippen LogP contribution in [0.1, 0.15) is 23.5 Å². The molecule has 0 saturated carbocycles. The zero-order valence-electron chi connectivity index (χ0n) is 11.0. The van der Waals surface area contributed by atoms with Gasteiger partial charge in [0.05, 0.1) is 11.8 Å². The number of rotatable bonds is 2. The first kappa shape index (κ1) is 12.8. The van der Waals surface area contributed by atoms with Gasteiger partial charge in [-0.1, -0.05) is 18.2 Å². The minimum atomic E-state index is -0.441. The second kappa shape index (κ2) is 5.42. The van der Waals surface area contributed by atoms with E-state index in [1.807, 2.05) is 30.3 Å². The summed E-state index contributed by atoms with van der Waals surface area (Å²) in [4.78, 5) is 17.9. The maximum Gasteiger partial charge on any atom is 0.293 e. The number of aliphatic hydroxyl groups excluding tert-OH is 1. The number of carbonyl (C=O) groups is 1. The first-order valence-electron chi connectivity index (χ1n) is 6.68. The van der Waals surface area contributed by atoms with E-state index in [2.05, 4.69) is 10.1 Å². The Labute approximate surface area is 116 Å². The molecule has 0 spiro atoms. The zero-order valence-corrected chi connectivity index (χ0v) is 11.0. The third-order valence-electron chi connectivity index (χ3n) is 3.39. The summed E-state index contributed by atoms with van der Waals surface area (Å²) < 4.78 is 1.58. The second-order valence-corrected chi connectivity index (χ2v) is 4.90. The Balaban J connectivity index is 1.78. The van der Waals surface area contributed by atoms with Gasteiger partial charge >= 0.3 is 0 Å². The summed E-state index contributed by atoms with van der Waals surface area (Å²) in [7, 11) is 0. The van der Waals surface area contributed by atoms with E-state index in [1.54, 1.807) is 9.58 Å². The van der Waals surface area contributed by atoms with Crippen molar-refractivity contribution in [2.45, 2.75) is 18.9 Å². The summed E-state index contributed by atoms with van der Waals surface area (Å²) in [6, 6.07) is 9.52. The Bertz CT molecular complexity index is 596. The zero-order chi connectivity index (χ0) is 13.9. The van der Waals surface area contributed by atoms with Crippen molar-refractivity contribution < 1.29 is 9.90 Å². The predicted octanol–water partition coefficient (Wildman–Crippen LogP) is 0.864. The molecule has 1 aliphatic rings. The monoisotopic (exact) mass is 272 g/mol. The van der Waals surface area contributed by atoms with Crippen LogP contribution in [0.3, 0.4) is 0 Å². The number of amides is 1. The fraction of sp³-hybridized carbons (Fsp3) is 0.357. The minimum absolute atomic E-state index is 0.169. The Morgan fingerprint density at radius 2 is 2.10 bits per heavy atom. The SMILES string of the molecule is O=C(c1ncn(-c2ccccc2)n1)N1CCCC(O)C1. The smallest absolute Gasteiger partial charge is 0.293 e. The molecule has 6 heteroatoms. The Morgan fingerprint density at radius 1 is 1.30 bits per heavy atom. The molecule has 1 aromatic carbocycles. The molecule has 104 valence electrons. The minimum Gasteiger partial charge on any atom is -0.391 e. The van der Waals surface area contributed by atoms with Gasteiger partial charge in [0, 0.05) is 13.1 Å². The number of aliphatic hydroxyl groups is 1. The van der Waals surface area contributed by atoms with Gasteiger partial charge in [0.1, 0.15) is 6.33 Å². The van der Waals surface area contributed by atoms with Crippen molar-refractivity contribution in [2.24, 2.45) is 0 Å². The van der Waals surface area contributed by atoms with E-state index in [1.165, 1.54) is 6.33 Å². The fourth-order valence-corrected chi connectivity index (χ4v) is 2.35. The number of carbonyl (C=O) groups excluding carboxylic acids is 1. The summed E-state index contributed by atoms with van der Waals surface area (Å²) in [5.41, 5.74) is 0.859. The van der Waals surface area contributed by atoms with E-state index >= 15 is 0 Å². The quantitative estimate of drug-likeness (QED) is 0.880. The van der Waals surface area contributed by atoms with Crippen LogP contribution in [0.25, 0.3) is 5.69 Å². The molecule has 1 aliphatic heterocycles. The number of likely N-dealkylation sites (tertiary alicyclic amines) is 1. The highest BCUT2D eigenvalue weighted by Crippen LogP contribution is 2.12. The van der Waals surface area contributed by atoms with Crippen LogP contribution in [-0.4, -0.2) is 49.9 Å². The first-order valence-corrected chi connectivity index (χ1v) is 6.68. The van der Waals surface area contributed by atoms with Gasteiger partial charge in [0.25, 0.3) is 5.91 Å². The van der Waals surface area contributed by atoms with Crippen LogP contribution in [0.4, 0.5) is 0 Å². The number of para-hydroxylation sites is 1. The maximum absolute atomic E-state index is 12.3. The summed E-state index contributed by atoms with van der Waals surface area (Å²) in [5.74, 6) is -0.0543. The highest BCUT2D eigenvalue weighted by atomic mass is 16.3. The average Bonchev–Trinajstić information content (AvgIpc) is 2.97. The molecule has 1 unspecified atom stereocenters. The maximum atomic E-state index is 12.3. The molecule has 20 heavy (non-hydrogen) atoms. The van der Waals surface area contributed by atoms with Crippen molar-refractivity contribution in [1.29, 1.82) is 0 Å². The third-order valence-corrected chi connectivity index (χ3v) is 3.39. The normalized spacial score (nSPS) is 19.1. The number of piperidine rings is 1. The van der Waals surface area contributed by atoms with Crippen LogP contribution in [0.5, 0.6) is 0 Å². The lowest BCUT2D eigenvalue weighted by Gasteiger charge is -2.29. The molecule has 0 bridgehead atoms. The predicted molar refractivity (Wildman–Crippen MR) is 72.5 cm³/mol. The van der Waals surface area contributed by atoms with Crippen LogP contribution >= 0.6 is 0 Å². The average molecular weight is 272 g/mol. The van der Waals surface area contributed by atoms with Gasteiger partial charge in [-0.05, 0) is 25.0 Å². The molecule has 6 nitrogen and oxygen atoms in total. The Hall–Kier alpha value is -2.21. The summed E-state index contributed by atoms with van der Waals surface area (Å²) in [5, 5.41) is 13.8. The number of β-amino-alcohol motifs (C(OH)–C–C–N with tert-alkyl or cyclic N) is 1. The van der Waals surface area contributed by atoms with Gasteiger partial charge in [-0.15, -0.1) is 5.10 Å². The lowest BCUT2D eigenvalue weighted by Crippen LogP contribution is -2.42. The summed E-state index contributed by atoms with van der Waals surface area (Å²) >= 11 is 0. The third kappa shape index (κ3) is 2.55. The number of hydrogen-bond donors (Lipinski definition) is 1. The molecular weight excluding hydrogens is 256 g/mol. The van der Waals surface area contributed by atoms with Crippen LogP contribution in [0.15, 0.2) is 36.7 Å². The van der Waals surface area contributed by atoms with Gasteiger partial charge in [-0.2, -0.15) is 0 Å². The van der Waals surface area contributed by atoms with E-state index in [0.29, 0.717) is 13.1 Å². The second-order valence-electron chi connectivity index (χ2n) is 4.90. The van der Waals surface area contributed by atoms with E-state index in [4.69, 9.17) is 0 Å². The largest absolute Gasteiger partial charge is 0.391 e. The first-order chi connectivity index (χ1) is 9.74. The topological polar surface area (TPSA) is 71.2 Å². The van der Waals surface area contributed by atoms with Gasteiger partial charge in [-0.25, -0.2) is 9.67 Å². The van der Waals surface area contributed by atoms with Crippen molar-refractivity contribution in [3.05, 3.63) is 42.5 Å². The van der Waals surface area contributed by atoms with Gasteiger partial charge in [-0.3, -0.25) is 4.79 Å². The van der Waals surface area contributed by atoms with Crippen molar-refractivity contribution in [3.8, 4) is 5.69 Å². The lowest BCUT2D eigenvalue weighted by molar-refractivity contribution is 0.0464. The van der Waals surface area contributed by atoms with Gasteiger partial charge in [0.2, 0.25) is 5.82 Å². The molecule has 2 heterocycles. The van der Waals surface area contributed by atoms with E-state index in [9.17, 15) is 9.90 Å². The van der Waals surface area contributed by atoms with Gasteiger partial charge in [0.15, 0.2) is 0 Å². The molecule has 1 N–H and O–H groups in total. The Kier molecular flexibility index (Phi) is 3.47. The highest BCUT2D eigenvalue weighted by Gasteiger charge is 2.25. The molecule has 1 saturated heterocycles. The molecule has 3 rings (SSSR count). The number of aromatic nitrogens is 3. The summed E-state index contributed by atoms with van der Waals surface area (Å²) in [6.07, 6.45) is 2.65. The fourth-order valence-electron chi connectivity index (χ4n) is 2.35. The van der Waals surface area contributed by atoms with Crippen molar-refractivity contribution in [2.75, 3.05) is 13.1 Å². The van der Waals surface area contributed by atoms with Crippen LogP contribution in [0, 0.1) is 0 Å². The molecule has 1 aromatic heterocycles. The number of nitrogens with zero attached hydrogens (tertiary/aromatic N) is 4. The van der Waals surface area contributed by atoms with E-state index in [0.717, 1.165) is 18.5 Å². The molecular formula is C14H16N4O2. The molecule has 2 aromatic rings.